The van der Waals surface area contributed by atoms with Gasteiger partial charge in [0.1, 0.15) is 67.5 Å². The molecule has 2 aliphatic heterocycles. The number of carboxylic acid groups (broad SMARTS) is 2. The van der Waals surface area contributed by atoms with E-state index in [4.69, 9.17) is 66.3 Å². The van der Waals surface area contributed by atoms with E-state index in [9.17, 15) is 19.8 Å². The van der Waals surface area contributed by atoms with Crippen LogP contribution in [0.1, 0.15) is 66.8 Å². The first-order valence-corrected chi connectivity index (χ1v) is 36.0. The molecule has 4 aliphatic carbocycles. The third-order valence-electron chi connectivity index (χ3n) is 18.0. The van der Waals surface area contributed by atoms with Gasteiger partial charge in [-0.2, -0.15) is 25.3 Å². The van der Waals surface area contributed by atoms with E-state index in [0.717, 1.165) is 96.0 Å². The maximum atomic E-state index is 11.8. The average molecular weight is 1410 g/mol. The molecule has 0 spiro atoms. The summed E-state index contributed by atoms with van der Waals surface area (Å²) < 4.78 is 86.3. The summed E-state index contributed by atoms with van der Waals surface area (Å²) in [5.74, 6) is 3.65. The maximum Gasteiger partial charge on any atom is 0.341 e. The lowest BCUT2D eigenvalue weighted by molar-refractivity contribution is -0.144. The largest absolute Gasteiger partial charge is 0.492 e. The Morgan fingerprint density at radius 1 is 0.360 bits per heavy atom. The fraction of sp³-hybridized carbons (Fsp3) is 0.425. The van der Waals surface area contributed by atoms with Gasteiger partial charge in [-0.15, -0.1) is 0 Å². The Balaban J connectivity index is 0.000000202. The molecular weight excluding hydrogens is 1310 g/mol. The molecule has 0 amide bonds. The Kier molecular flexibility index (Phi) is 28.7. The number of benzene rings is 6. The molecule has 20 heteroatoms. The van der Waals surface area contributed by atoms with Gasteiger partial charge in [0.25, 0.3) is 0 Å². The van der Waals surface area contributed by atoms with Crippen LogP contribution in [0, 0.1) is 11.8 Å². The second kappa shape index (κ2) is 39.0. The molecule has 0 fully saturated rings. The van der Waals surface area contributed by atoms with Gasteiger partial charge in [0.15, 0.2) is 6.61 Å². The minimum atomic E-state index is -1.07. The standard InChI is InChI=1S/C40H44O11.C40H48O7S2/c41-35(42)25-50-39-31-9-3-11-33(39)23-29-7-2-8-30-24-34-12-4-10-32(40(34)51-26-36(43)44)22-28-6-1-5-27(21-31)37(28)48-19-17-46-15-13-45-14-16-47-18-20-49-38(29)30;48-23-21-46-39-33-9-3-11-35(39)27-31-7-2-8-32-28-36-12-4-10-34(40(36)47-22-24-49)26-30-6-1-5-29(25-33)37(30)44-19-17-42-15-13-41-14-16-43-18-20-45-38(31)32/h1-12,31,39H,13-26H2,(H,41,42)(H,43,44);1-12,33,39,48-49H,13-28H2. The highest BCUT2D eigenvalue weighted by Gasteiger charge is 2.33. The predicted molar refractivity (Wildman–Crippen MR) is 386 cm³/mol. The van der Waals surface area contributed by atoms with Gasteiger partial charge in [0, 0.05) is 49.0 Å². The zero-order valence-corrected chi connectivity index (χ0v) is 58.5. The first kappa shape index (κ1) is 73.6. The smallest absolute Gasteiger partial charge is 0.341 e. The van der Waals surface area contributed by atoms with Crippen molar-refractivity contribution in [3.63, 3.8) is 0 Å². The van der Waals surface area contributed by atoms with Gasteiger partial charge < -0.3 is 76.5 Å². The number of hydrogen-bond acceptors (Lipinski definition) is 18. The lowest BCUT2D eigenvalue weighted by atomic mass is 9.82. The third kappa shape index (κ3) is 20.8. The molecule has 20 bridgehead atoms. The number of aliphatic carboxylic acids is 2. The van der Waals surface area contributed by atoms with Crippen LogP contribution in [0.15, 0.2) is 157 Å². The second-order valence-electron chi connectivity index (χ2n) is 24.9. The topological polar surface area (TPSA) is 204 Å². The summed E-state index contributed by atoms with van der Waals surface area (Å²) in [6, 6.07) is 37.2. The number of carboxylic acids is 2. The van der Waals surface area contributed by atoms with Crippen molar-refractivity contribution in [1.29, 1.82) is 0 Å². The number of fused-ring (bicyclic) bond motifs is 4. The number of rotatable bonds is 12. The third-order valence-corrected chi connectivity index (χ3v) is 18.3. The van der Waals surface area contributed by atoms with Crippen molar-refractivity contribution >= 4 is 37.2 Å². The summed E-state index contributed by atoms with van der Waals surface area (Å²) in [6.45, 7) is 6.81. The van der Waals surface area contributed by atoms with Crippen LogP contribution in [-0.2, 0) is 98.9 Å². The van der Waals surface area contributed by atoms with Crippen LogP contribution >= 0.6 is 25.3 Å². The summed E-state index contributed by atoms with van der Waals surface area (Å²) in [5, 5.41) is 19.3. The molecule has 6 aromatic rings. The molecule has 0 saturated carbocycles. The van der Waals surface area contributed by atoms with E-state index < -0.39 is 31.3 Å². The maximum absolute atomic E-state index is 11.8. The molecule has 100 heavy (non-hydrogen) atoms. The quantitative estimate of drug-likeness (QED) is 0.0841. The summed E-state index contributed by atoms with van der Waals surface area (Å²) in [4.78, 5) is 23.5. The van der Waals surface area contributed by atoms with Crippen molar-refractivity contribution in [3.8, 4) is 34.5 Å². The van der Waals surface area contributed by atoms with E-state index in [2.05, 4.69) is 104 Å². The molecule has 0 radical (unpaired) electrons. The molecular formula is C80H92O18S2. The van der Waals surface area contributed by atoms with Crippen LogP contribution in [0.25, 0.3) is 0 Å². The van der Waals surface area contributed by atoms with Gasteiger partial charge in [0.2, 0.25) is 0 Å². The van der Waals surface area contributed by atoms with Gasteiger partial charge in [-0.3, -0.25) is 0 Å². The Morgan fingerprint density at radius 3 is 1.01 bits per heavy atom. The lowest BCUT2D eigenvalue weighted by Gasteiger charge is -2.31. The van der Waals surface area contributed by atoms with E-state index in [1.807, 2.05) is 66.7 Å². The minimum Gasteiger partial charge on any atom is -0.492 e. The van der Waals surface area contributed by atoms with Crippen LogP contribution in [-0.4, -0.2) is 178 Å². The van der Waals surface area contributed by atoms with E-state index in [1.165, 1.54) is 5.57 Å². The molecule has 2 heterocycles. The Bertz CT molecular complexity index is 3790. The second-order valence-corrected chi connectivity index (χ2v) is 25.8. The molecule has 4 atom stereocenters. The Morgan fingerprint density at radius 2 is 0.660 bits per heavy atom. The van der Waals surface area contributed by atoms with Gasteiger partial charge in [-0.1, -0.05) is 146 Å². The van der Waals surface area contributed by atoms with Gasteiger partial charge in [0.05, 0.1) is 105 Å². The zero-order chi connectivity index (χ0) is 69.1. The Hall–Kier alpha value is -7.60. The minimum absolute atomic E-state index is 0.107. The molecule has 6 aliphatic rings. The average Bonchev–Trinajstić information content (AvgIpc) is 0.794. The first-order chi connectivity index (χ1) is 49.2. The van der Waals surface area contributed by atoms with E-state index >= 15 is 0 Å². The predicted octanol–water partition coefficient (Wildman–Crippen LogP) is 11.4. The highest BCUT2D eigenvalue weighted by molar-refractivity contribution is 7.80. The number of para-hydroxylation sites is 6. The van der Waals surface area contributed by atoms with E-state index in [1.54, 1.807) is 0 Å². The highest BCUT2D eigenvalue weighted by Crippen LogP contribution is 2.42. The summed E-state index contributed by atoms with van der Waals surface area (Å²) in [6.07, 6.45) is 16.6. The molecule has 18 nitrogen and oxygen atoms in total. The van der Waals surface area contributed by atoms with Crippen molar-refractivity contribution in [2.45, 2.75) is 63.6 Å². The molecule has 0 aromatic heterocycles. The molecule has 532 valence electrons. The van der Waals surface area contributed by atoms with Crippen LogP contribution in [0.5, 0.6) is 34.5 Å². The van der Waals surface area contributed by atoms with E-state index in [-0.39, 0.29) is 31.2 Å². The molecule has 0 saturated heterocycles. The van der Waals surface area contributed by atoms with Crippen molar-refractivity contribution in [2.75, 3.05) is 144 Å². The van der Waals surface area contributed by atoms with Crippen LogP contribution < -0.4 is 28.4 Å². The monoisotopic (exact) mass is 1400 g/mol. The van der Waals surface area contributed by atoms with Crippen molar-refractivity contribution in [2.24, 2.45) is 11.8 Å². The van der Waals surface area contributed by atoms with Gasteiger partial charge in [-0.25, -0.2) is 9.59 Å². The summed E-state index contributed by atoms with van der Waals surface area (Å²) >= 11 is 8.98. The van der Waals surface area contributed by atoms with Crippen molar-refractivity contribution in [1.82, 2.24) is 0 Å². The van der Waals surface area contributed by atoms with Gasteiger partial charge >= 0.3 is 11.9 Å². The number of thiol groups is 2. The van der Waals surface area contributed by atoms with Crippen LogP contribution in [0.4, 0.5) is 0 Å². The SMILES string of the molecule is O=C(O)COc1c2cccc1Cc1cccc3c1OCCOCCOCCOCCOc1c(cccc1C2)CC1=CC=CC(C3)C1OCC(=O)O.SCCOc1c2cccc1Cc1cccc3c1OCCOCCOCCOCCOc1c(cccc1C2)CC1=CC=CC(C3)C1OCCS. The fourth-order valence-electron chi connectivity index (χ4n) is 13.7. The highest BCUT2D eigenvalue weighted by atomic mass is 32.1. The number of ether oxygens (including phenoxy) is 14. The van der Waals surface area contributed by atoms with Crippen molar-refractivity contribution < 1.29 is 86.1 Å². The zero-order valence-electron chi connectivity index (χ0n) is 56.7. The Labute approximate surface area is 597 Å². The van der Waals surface area contributed by atoms with Crippen LogP contribution in [0.2, 0.25) is 0 Å². The van der Waals surface area contributed by atoms with Crippen LogP contribution in [0.3, 0.4) is 0 Å². The molecule has 12 rings (SSSR count). The number of carbonyl (C=O) groups is 2. The fourth-order valence-corrected chi connectivity index (χ4v) is 13.9. The summed E-state index contributed by atoms with van der Waals surface area (Å²) in [5.41, 5.74) is 14.1. The molecule has 2 N–H and O–H groups in total. The number of allylic oxidation sites excluding steroid dienone is 4. The summed E-state index contributed by atoms with van der Waals surface area (Å²) in [7, 11) is 0. The van der Waals surface area contributed by atoms with E-state index in [0.29, 0.717) is 179 Å². The van der Waals surface area contributed by atoms with Gasteiger partial charge in [-0.05, 0) is 104 Å². The lowest BCUT2D eigenvalue weighted by Crippen LogP contribution is -2.31. The molecule has 6 aromatic carbocycles. The van der Waals surface area contributed by atoms with Crippen molar-refractivity contribution in [3.05, 3.63) is 224 Å². The normalized spacial score (nSPS) is 20.1. The molecule has 4 unspecified atom stereocenters. The number of hydrogen-bond donors (Lipinski definition) is 4. The first-order valence-electron chi connectivity index (χ1n) is 34.7.